The molecule has 0 amide bonds. The van der Waals surface area contributed by atoms with Gasteiger partial charge in [-0.25, -0.2) is 0 Å². The Hall–Kier alpha value is -0.470. The summed E-state index contributed by atoms with van der Waals surface area (Å²) in [6, 6.07) is 4.83. The average molecular weight is 256 g/mol. The molecule has 0 aliphatic heterocycles. The number of furan rings is 1. The third kappa shape index (κ3) is 4.36. The number of rotatable bonds is 8. The van der Waals surface area contributed by atoms with E-state index in [1.165, 1.54) is 25.8 Å². The van der Waals surface area contributed by atoms with Crippen molar-refractivity contribution in [1.29, 1.82) is 0 Å². The predicted octanol–water partition coefficient (Wildman–Crippen LogP) is 3.90. The molecule has 1 aromatic heterocycles. The molecule has 17 heavy (non-hydrogen) atoms. The minimum Gasteiger partial charge on any atom is -0.468 e. The lowest BCUT2D eigenvalue weighted by Crippen LogP contribution is -2.27. The Morgan fingerprint density at radius 3 is 2.88 bits per heavy atom. The van der Waals surface area contributed by atoms with Gasteiger partial charge in [0.15, 0.2) is 0 Å². The Morgan fingerprint density at radius 2 is 2.29 bits per heavy atom. The normalized spacial score (nSPS) is 17.6. The molecule has 0 radical (unpaired) electrons. The van der Waals surface area contributed by atoms with E-state index in [1.54, 1.807) is 6.26 Å². The number of hydrogen-bond donors (Lipinski definition) is 0. The molecular formula is C14H22ClNO. The van der Waals surface area contributed by atoms with Crippen molar-refractivity contribution in [2.24, 2.45) is 5.92 Å². The first-order valence-corrected chi connectivity index (χ1v) is 7.15. The van der Waals surface area contributed by atoms with Crippen LogP contribution in [0, 0.1) is 5.92 Å². The zero-order valence-electron chi connectivity index (χ0n) is 10.6. The lowest BCUT2D eigenvalue weighted by molar-refractivity contribution is 0.218. The number of nitrogens with zero attached hydrogens (tertiary/aromatic N) is 1. The largest absolute Gasteiger partial charge is 0.468 e. The summed E-state index contributed by atoms with van der Waals surface area (Å²) in [4.78, 5) is 2.56. The van der Waals surface area contributed by atoms with Gasteiger partial charge < -0.3 is 4.42 Å². The predicted molar refractivity (Wildman–Crippen MR) is 71.3 cm³/mol. The van der Waals surface area contributed by atoms with Crippen LogP contribution in [0.4, 0.5) is 0 Å². The Kier molecular flexibility index (Phi) is 4.93. The Labute approximate surface area is 109 Å². The molecule has 1 aromatic rings. The summed E-state index contributed by atoms with van der Waals surface area (Å²) in [7, 11) is 0. The van der Waals surface area contributed by atoms with Crippen molar-refractivity contribution in [1.82, 2.24) is 4.90 Å². The molecule has 3 heteroatoms. The van der Waals surface area contributed by atoms with Crippen LogP contribution in [0.1, 0.15) is 38.4 Å². The molecule has 1 heterocycles. The van der Waals surface area contributed by atoms with Crippen molar-refractivity contribution < 1.29 is 4.42 Å². The standard InChI is InChI=1S/C14H22ClNO/c1-12(6-8-15)7-9-16(13-4-5-13)11-14-3-2-10-17-14/h2-3,10,12-13H,4-9,11H2,1H3. The molecule has 0 spiro atoms. The van der Waals surface area contributed by atoms with Gasteiger partial charge in [-0.3, -0.25) is 4.90 Å². The van der Waals surface area contributed by atoms with Gasteiger partial charge >= 0.3 is 0 Å². The maximum atomic E-state index is 5.77. The third-order valence-corrected chi connectivity index (χ3v) is 3.73. The Balaban J connectivity index is 1.77. The second-order valence-electron chi connectivity index (χ2n) is 5.15. The minimum atomic E-state index is 0.727. The van der Waals surface area contributed by atoms with Crippen molar-refractivity contribution in [2.45, 2.75) is 45.2 Å². The minimum absolute atomic E-state index is 0.727. The van der Waals surface area contributed by atoms with E-state index in [4.69, 9.17) is 16.0 Å². The van der Waals surface area contributed by atoms with E-state index in [0.29, 0.717) is 0 Å². The molecule has 1 saturated carbocycles. The summed E-state index contributed by atoms with van der Waals surface area (Å²) < 4.78 is 5.43. The average Bonchev–Trinajstić information content (AvgIpc) is 3.03. The lowest BCUT2D eigenvalue weighted by Gasteiger charge is -2.22. The smallest absolute Gasteiger partial charge is 0.117 e. The van der Waals surface area contributed by atoms with Crippen molar-refractivity contribution in [2.75, 3.05) is 12.4 Å². The van der Waals surface area contributed by atoms with Crippen LogP contribution in [0.2, 0.25) is 0 Å². The summed E-state index contributed by atoms with van der Waals surface area (Å²) in [5, 5.41) is 0. The molecule has 96 valence electrons. The molecule has 0 aromatic carbocycles. The highest BCUT2D eigenvalue weighted by Crippen LogP contribution is 2.29. The fourth-order valence-electron chi connectivity index (χ4n) is 2.15. The lowest BCUT2D eigenvalue weighted by atomic mass is 10.0. The van der Waals surface area contributed by atoms with E-state index < -0.39 is 0 Å². The van der Waals surface area contributed by atoms with Crippen molar-refractivity contribution in [3.63, 3.8) is 0 Å². The molecular weight excluding hydrogens is 234 g/mol. The van der Waals surface area contributed by atoms with Gasteiger partial charge in [0.05, 0.1) is 12.8 Å². The van der Waals surface area contributed by atoms with Gasteiger partial charge in [0.2, 0.25) is 0 Å². The second-order valence-corrected chi connectivity index (χ2v) is 5.53. The van der Waals surface area contributed by atoms with Crippen LogP contribution in [0.3, 0.4) is 0 Å². The van der Waals surface area contributed by atoms with Crippen LogP contribution in [0.5, 0.6) is 0 Å². The van der Waals surface area contributed by atoms with Gasteiger partial charge in [-0.2, -0.15) is 0 Å². The molecule has 0 bridgehead atoms. The van der Waals surface area contributed by atoms with Gasteiger partial charge in [0.1, 0.15) is 5.76 Å². The fourth-order valence-corrected chi connectivity index (χ4v) is 2.52. The van der Waals surface area contributed by atoms with Crippen molar-refractivity contribution >= 4 is 11.6 Å². The second kappa shape index (κ2) is 6.46. The summed E-state index contributed by atoms with van der Waals surface area (Å²) >= 11 is 5.77. The molecule has 2 rings (SSSR count). The molecule has 0 N–H and O–H groups in total. The van der Waals surface area contributed by atoms with Crippen molar-refractivity contribution in [3.05, 3.63) is 24.2 Å². The van der Waals surface area contributed by atoms with Gasteiger partial charge in [0, 0.05) is 11.9 Å². The number of halogens is 1. The topological polar surface area (TPSA) is 16.4 Å². The molecule has 1 aliphatic rings. The van der Waals surface area contributed by atoms with Crippen molar-refractivity contribution in [3.8, 4) is 0 Å². The maximum absolute atomic E-state index is 5.77. The van der Waals surface area contributed by atoms with Gasteiger partial charge in [0.25, 0.3) is 0 Å². The van der Waals surface area contributed by atoms with Gasteiger partial charge in [-0.15, -0.1) is 11.6 Å². The van der Waals surface area contributed by atoms with E-state index >= 15 is 0 Å². The molecule has 1 aliphatic carbocycles. The molecule has 1 atom stereocenters. The summed E-state index contributed by atoms with van der Waals surface area (Å²) in [5.74, 6) is 2.59. The molecule has 2 nitrogen and oxygen atoms in total. The van der Waals surface area contributed by atoms with Gasteiger partial charge in [-0.1, -0.05) is 6.92 Å². The van der Waals surface area contributed by atoms with Crippen LogP contribution in [-0.2, 0) is 6.54 Å². The first kappa shape index (κ1) is 13.0. The van der Waals surface area contributed by atoms with Crippen LogP contribution in [0.15, 0.2) is 22.8 Å². The number of hydrogen-bond acceptors (Lipinski definition) is 2. The Morgan fingerprint density at radius 1 is 1.47 bits per heavy atom. The summed E-state index contributed by atoms with van der Waals surface area (Å²) in [6.45, 7) is 4.43. The van der Waals surface area contributed by atoms with E-state index in [1.807, 2.05) is 6.07 Å². The van der Waals surface area contributed by atoms with E-state index in [-0.39, 0.29) is 0 Å². The quantitative estimate of drug-likeness (QED) is 0.655. The van der Waals surface area contributed by atoms with E-state index in [2.05, 4.69) is 17.9 Å². The first-order chi connectivity index (χ1) is 8.29. The third-order valence-electron chi connectivity index (χ3n) is 3.51. The Bertz CT molecular complexity index is 308. The maximum Gasteiger partial charge on any atom is 0.117 e. The fraction of sp³-hybridized carbons (Fsp3) is 0.714. The molecule has 1 unspecified atom stereocenters. The zero-order valence-corrected chi connectivity index (χ0v) is 11.3. The van der Waals surface area contributed by atoms with Crippen LogP contribution in [0.25, 0.3) is 0 Å². The zero-order chi connectivity index (χ0) is 12.1. The van der Waals surface area contributed by atoms with Crippen LogP contribution in [-0.4, -0.2) is 23.4 Å². The van der Waals surface area contributed by atoms with Crippen LogP contribution >= 0.6 is 11.6 Å². The SMILES string of the molecule is CC(CCCl)CCN(Cc1ccco1)C1CC1. The monoisotopic (exact) mass is 255 g/mol. The number of alkyl halides is 1. The highest BCUT2D eigenvalue weighted by Gasteiger charge is 2.29. The van der Waals surface area contributed by atoms with E-state index in [9.17, 15) is 0 Å². The molecule has 1 fully saturated rings. The van der Waals surface area contributed by atoms with Crippen LogP contribution < -0.4 is 0 Å². The van der Waals surface area contributed by atoms with E-state index in [0.717, 1.165) is 36.6 Å². The highest BCUT2D eigenvalue weighted by molar-refractivity contribution is 6.17. The first-order valence-electron chi connectivity index (χ1n) is 6.62. The highest BCUT2D eigenvalue weighted by atomic mass is 35.5. The summed E-state index contributed by atoms with van der Waals surface area (Å²) in [5.41, 5.74) is 0. The molecule has 0 saturated heterocycles. The van der Waals surface area contributed by atoms with Gasteiger partial charge in [-0.05, 0) is 50.3 Å². The summed E-state index contributed by atoms with van der Waals surface area (Å²) in [6.07, 6.45) is 6.83.